The molecule has 0 amide bonds. The predicted octanol–water partition coefficient (Wildman–Crippen LogP) is 1.49. The van der Waals surface area contributed by atoms with E-state index in [4.69, 9.17) is 0 Å². The van der Waals surface area contributed by atoms with E-state index in [-0.39, 0.29) is 5.92 Å². The molecule has 2 aromatic rings. The number of aromatic nitrogens is 3. The number of carboxylic acids is 1. The van der Waals surface area contributed by atoms with Crippen molar-refractivity contribution in [3.63, 3.8) is 0 Å². The fourth-order valence-corrected chi connectivity index (χ4v) is 5.41. The van der Waals surface area contributed by atoms with Crippen LogP contribution in [0.2, 0.25) is 0 Å². The Balaban J connectivity index is 1.34. The molecule has 7 heteroatoms. The molecular formula is C19H25N5O2. The van der Waals surface area contributed by atoms with Crippen LogP contribution in [-0.2, 0) is 11.3 Å². The van der Waals surface area contributed by atoms with Gasteiger partial charge in [0.1, 0.15) is 0 Å². The van der Waals surface area contributed by atoms with Gasteiger partial charge in [-0.15, -0.1) is 0 Å². The van der Waals surface area contributed by atoms with Crippen LogP contribution in [0.4, 0.5) is 0 Å². The number of carbonyl (C=O) groups is 1. The van der Waals surface area contributed by atoms with E-state index in [1.165, 1.54) is 25.7 Å². The number of likely N-dealkylation sites (tertiary alicyclic amines) is 2. The first-order valence-electron chi connectivity index (χ1n) is 9.63. The molecule has 2 aliphatic heterocycles. The molecule has 138 valence electrons. The highest BCUT2D eigenvalue weighted by molar-refractivity contribution is 5.77. The van der Waals surface area contributed by atoms with E-state index in [0.29, 0.717) is 19.1 Å². The SMILES string of the molecule is O=C(O)[C@@]12CN(Cc3cnn4cccnc34)C[C@@H]1CN(C1CCCC1)C2. The van der Waals surface area contributed by atoms with Crippen LogP contribution in [0.3, 0.4) is 0 Å². The van der Waals surface area contributed by atoms with Gasteiger partial charge in [0.15, 0.2) is 5.65 Å². The van der Waals surface area contributed by atoms with Crippen molar-refractivity contribution < 1.29 is 9.90 Å². The molecule has 2 saturated heterocycles. The molecule has 26 heavy (non-hydrogen) atoms. The van der Waals surface area contributed by atoms with Crippen molar-refractivity contribution in [2.45, 2.75) is 38.3 Å². The summed E-state index contributed by atoms with van der Waals surface area (Å²) < 4.78 is 1.78. The number of rotatable bonds is 4. The van der Waals surface area contributed by atoms with Gasteiger partial charge >= 0.3 is 5.97 Å². The zero-order valence-corrected chi connectivity index (χ0v) is 14.9. The molecule has 1 saturated carbocycles. The molecule has 0 aromatic carbocycles. The van der Waals surface area contributed by atoms with Crippen molar-refractivity contribution in [3.05, 3.63) is 30.2 Å². The van der Waals surface area contributed by atoms with Gasteiger partial charge in [-0.25, -0.2) is 9.50 Å². The maximum Gasteiger partial charge on any atom is 0.312 e. The van der Waals surface area contributed by atoms with Gasteiger partial charge in [0.25, 0.3) is 0 Å². The molecule has 0 radical (unpaired) electrons. The molecule has 2 aromatic heterocycles. The molecule has 0 unspecified atom stereocenters. The lowest BCUT2D eigenvalue weighted by molar-refractivity contribution is -0.149. The summed E-state index contributed by atoms with van der Waals surface area (Å²) >= 11 is 0. The monoisotopic (exact) mass is 355 g/mol. The number of nitrogens with zero attached hydrogens (tertiary/aromatic N) is 5. The average Bonchev–Trinajstić information content (AvgIpc) is 3.37. The average molecular weight is 355 g/mol. The van der Waals surface area contributed by atoms with Crippen LogP contribution >= 0.6 is 0 Å². The van der Waals surface area contributed by atoms with Crippen LogP contribution in [0.5, 0.6) is 0 Å². The summed E-state index contributed by atoms with van der Waals surface area (Å²) in [6.07, 6.45) is 10.6. The van der Waals surface area contributed by atoms with Crippen LogP contribution in [0.1, 0.15) is 31.2 Å². The molecule has 4 heterocycles. The highest BCUT2D eigenvalue weighted by Gasteiger charge is 2.58. The molecule has 5 rings (SSSR count). The van der Waals surface area contributed by atoms with Gasteiger partial charge in [-0.3, -0.25) is 14.6 Å². The van der Waals surface area contributed by atoms with E-state index in [2.05, 4.69) is 19.9 Å². The van der Waals surface area contributed by atoms with Crippen molar-refractivity contribution in [1.29, 1.82) is 0 Å². The number of hydrogen-bond acceptors (Lipinski definition) is 5. The largest absolute Gasteiger partial charge is 0.481 e. The quantitative estimate of drug-likeness (QED) is 0.896. The van der Waals surface area contributed by atoms with Crippen molar-refractivity contribution in [1.82, 2.24) is 24.4 Å². The summed E-state index contributed by atoms with van der Waals surface area (Å²) in [7, 11) is 0. The fourth-order valence-electron chi connectivity index (χ4n) is 5.41. The lowest BCUT2D eigenvalue weighted by Gasteiger charge is -2.28. The van der Waals surface area contributed by atoms with E-state index in [0.717, 1.165) is 30.8 Å². The second-order valence-electron chi connectivity index (χ2n) is 8.25. The van der Waals surface area contributed by atoms with Gasteiger partial charge < -0.3 is 5.11 Å². The number of fused-ring (bicyclic) bond motifs is 2. The predicted molar refractivity (Wildman–Crippen MR) is 95.7 cm³/mol. The normalized spacial score (nSPS) is 30.4. The highest BCUT2D eigenvalue weighted by atomic mass is 16.4. The third-order valence-electron chi connectivity index (χ3n) is 6.72. The second-order valence-corrected chi connectivity index (χ2v) is 8.25. The Morgan fingerprint density at radius 1 is 1.27 bits per heavy atom. The number of aliphatic carboxylic acids is 1. The topological polar surface area (TPSA) is 74.0 Å². The summed E-state index contributed by atoms with van der Waals surface area (Å²) in [4.78, 5) is 21.4. The first-order valence-corrected chi connectivity index (χ1v) is 9.63. The Kier molecular flexibility index (Phi) is 3.76. The molecule has 7 nitrogen and oxygen atoms in total. The molecule has 1 aliphatic carbocycles. The maximum atomic E-state index is 12.2. The van der Waals surface area contributed by atoms with Gasteiger partial charge in [-0.1, -0.05) is 12.8 Å². The minimum atomic E-state index is -0.622. The van der Waals surface area contributed by atoms with Crippen molar-refractivity contribution in [3.8, 4) is 0 Å². The second kappa shape index (κ2) is 6.03. The van der Waals surface area contributed by atoms with Crippen LogP contribution in [0.25, 0.3) is 5.65 Å². The molecule has 1 N–H and O–H groups in total. The van der Waals surface area contributed by atoms with Gasteiger partial charge in [0.05, 0.1) is 11.6 Å². The Morgan fingerprint density at radius 3 is 2.88 bits per heavy atom. The molecule has 0 bridgehead atoms. The molecule has 3 aliphatic rings. The molecule has 2 atom stereocenters. The Hall–Kier alpha value is -1.99. The third kappa shape index (κ3) is 2.45. The lowest BCUT2D eigenvalue weighted by Crippen LogP contribution is -2.42. The first-order chi connectivity index (χ1) is 12.7. The number of carboxylic acid groups (broad SMARTS) is 1. The third-order valence-corrected chi connectivity index (χ3v) is 6.72. The zero-order chi connectivity index (χ0) is 17.7. The van der Waals surface area contributed by atoms with Crippen LogP contribution in [-0.4, -0.2) is 67.7 Å². The fraction of sp³-hybridized carbons (Fsp3) is 0.632. The Labute approximate surface area is 152 Å². The van der Waals surface area contributed by atoms with Gasteiger partial charge in [-0.05, 0) is 18.9 Å². The van der Waals surface area contributed by atoms with Crippen LogP contribution in [0.15, 0.2) is 24.7 Å². The first kappa shape index (κ1) is 16.2. The summed E-state index contributed by atoms with van der Waals surface area (Å²) in [5.74, 6) is -0.404. The van der Waals surface area contributed by atoms with Gasteiger partial charge in [0, 0.05) is 62.6 Å². The summed E-state index contributed by atoms with van der Waals surface area (Å²) in [5, 5.41) is 14.4. The van der Waals surface area contributed by atoms with Gasteiger partial charge in [0.2, 0.25) is 0 Å². The number of hydrogen-bond donors (Lipinski definition) is 1. The van der Waals surface area contributed by atoms with E-state index in [9.17, 15) is 9.90 Å². The zero-order valence-electron chi connectivity index (χ0n) is 14.9. The lowest BCUT2D eigenvalue weighted by atomic mass is 9.81. The highest BCUT2D eigenvalue weighted by Crippen LogP contribution is 2.45. The minimum absolute atomic E-state index is 0.218. The van der Waals surface area contributed by atoms with Gasteiger partial charge in [-0.2, -0.15) is 5.10 Å². The smallest absolute Gasteiger partial charge is 0.312 e. The Bertz CT molecular complexity index is 830. The van der Waals surface area contributed by atoms with Crippen molar-refractivity contribution in [2.24, 2.45) is 11.3 Å². The van der Waals surface area contributed by atoms with Crippen LogP contribution in [0, 0.1) is 11.3 Å². The van der Waals surface area contributed by atoms with E-state index in [1.54, 1.807) is 10.7 Å². The van der Waals surface area contributed by atoms with E-state index in [1.807, 2.05) is 18.5 Å². The van der Waals surface area contributed by atoms with E-state index < -0.39 is 11.4 Å². The summed E-state index contributed by atoms with van der Waals surface area (Å²) in [6, 6.07) is 2.47. The standard InChI is InChI=1S/C19H25N5O2/c25-18(26)19-12-22(9-14-8-21-24-7-3-6-20-17(14)24)10-15(19)11-23(13-19)16-4-1-2-5-16/h3,6-8,15-16H,1-2,4-5,9-13H2,(H,25,26)/t15-,19-/m1/s1. The van der Waals surface area contributed by atoms with Crippen molar-refractivity contribution in [2.75, 3.05) is 26.2 Å². The molecule has 3 fully saturated rings. The van der Waals surface area contributed by atoms with Crippen LogP contribution < -0.4 is 0 Å². The summed E-state index contributed by atoms with van der Waals surface area (Å²) in [5.41, 5.74) is 1.32. The minimum Gasteiger partial charge on any atom is -0.481 e. The molecular weight excluding hydrogens is 330 g/mol. The summed E-state index contributed by atoms with van der Waals surface area (Å²) in [6.45, 7) is 3.83. The maximum absolute atomic E-state index is 12.2. The van der Waals surface area contributed by atoms with Crippen molar-refractivity contribution >= 4 is 11.6 Å². The van der Waals surface area contributed by atoms with E-state index >= 15 is 0 Å². The molecule has 0 spiro atoms. The Morgan fingerprint density at radius 2 is 2.12 bits per heavy atom.